The minimum Gasteiger partial charge on any atom is -0.380 e. The van der Waals surface area contributed by atoms with Gasteiger partial charge in [-0.15, -0.1) is 0 Å². The van der Waals surface area contributed by atoms with Crippen LogP contribution in [0.4, 0.5) is 0 Å². The number of rotatable bonds is 5. The first-order chi connectivity index (χ1) is 8.19. The third-order valence-electron chi connectivity index (χ3n) is 2.38. The number of ether oxygens (including phenoxy) is 1. The molecule has 0 aromatic heterocycles. The number of amides is 1. The molecule has 1 rings (SSSR count). The van der Waals surface area contributed by atoms with Crippen molar-refractivity contribution in [2.24, 2.45) is 0 Å². The minimum absolute atomic E-state index is 0.0609. The summed E-state index contributed by atoms with van der Waals surface area (Å²) in [5.41, 5.74) is 1.14. The van der Waals surface area contributed by atoms with Crippen LogP contribution in [0.1, 0.15) is 22.8 Å². The molecule has 1 aromatic rings. The largest absolute Gasteiger partial charge is 0.380 e. The fourth-order valence-electron chi connectivity index (χ4n) is 1.36. The predicted octanol–water partition coefficient (Wildman–Crippen LogP) is 1.67. The average Bonchev–Trinajstić information content (AvgIpc) is 2.38. The second kappa shape index (κ2) is 6.66. The van der Waals surface area contributed by atoms with Crippen LogP contribution in [0.2, 0.25) is 0 Å². The van der Waals surface area contributed by atoms with E-state index in [0.29, 0.717) is 30.9 Å². The zero-order valence-corrected chi connectivity index (χ0v) is 10.1. The van der Waals surface area contributed by atoms with E-state index >= 15 is 0 Å². The van der Waals surface area contributed by atoms with Gasteiger partial charge in [-0.05, 0) is 31.2 Å². The van der Waals surface area contributed by atoms with Gasteiger partial charge in [-0.1, -0.05) is 0 Å². The molecule has 0 bridgehead atoms. The van der Waals surface area contributed by atoms with E-state index in [2.05, 4.69) is 0 Å². The highest BCUT2D eigenvalue weighted by Crippen LogP contribution is 2.06. The highest BCUT2D eigenvalue weighted by Gasteiger charge is 2.10. The third-order valence-corrected chi connectivity index (χ3v) is 2.38. The fourth-order valence-corrected chi connectivity index (χ4v) is 1.36. The van der Waals surface area contributed by atoms with Crippen molar-refractivity contribution in [1.29, 1.82) is 5.26 Å². The number of likely N-dealkylation sites (N-methyl/N-ethyl adjacent to an activating group) is 1. The van der Waals surface area contributed by atoms with Gasteiger partial charge >= 0.3 is 0 Å². The van der Waals surface area contributed by atoms with Crippen LogP contribution < -0.4 is 0 Å². The molecule has 0 spiro atoms. The summed E-state index contributed by atoms with van der Waals surface area (Å²) in [6.07, 6.45) is 0. The summed E-state index contributed by atoms with van der Waals surface area (Å²) in [6, 6.07) is 8.63. The fraction of sp³-hybridized carbons (Fsp3) is 0.385. The van der Waals surface area contributed by atoms with Crippen LogP contribution in [0.25, 0.3) is 0 Å². The lowest BCUT2D eigenvalue weighted by Crippen LogP contribution is -2.30. The van der Waals surface area contributed by atoms with Gasteiger partial charge in [-0.25, -0.2) is 0 Å². The predicted molar refractivity (Wildman–Crippen MR) is 64.6 cm³/mol. The van der Waals surface area contributed by atoms with E-state index in [0.717, 1.165) is 0 Å². The Balaban J connectivity index is 2.59. The van der Waals surface area contributed by atoms with Crippen LogP contribution in [0.15, 0.2) is 24.3 Å². The van der Waals surface area contributed by atoms with Crippen molar-refractivity contribution in [3.8, 4) is 6.07 Å². The summed E-state index contributed by atoms with van der Waals surface area (Å²) in [7, 11) is 1.74. The van der Waals surface area contributed by atoms with Crippen LogP contribution in [0, 0.1) is 11.3 Å². The Hall–Kier alpha value is -1.86. The van der Waals surface area contributed by atoms with E-state index in [1.165, 1.54) is 0 Å². The molecular formula is C13H16N2O2. The molecule has 90 valence electrons. The quantitative estimate of drug-likeness (QED) is 0.725. The number of nitriles is 1. The van der Waals surface area contributed by atoms with Crippen LogP contribution in [0.5, 0.6) is 0 Å². The minimum atomic E-state index is -0.0609. The second-order valence-corrected chi connectivity index (χ2v) is 3.61. The van der Waals surface area contributed by atoms with Gasteiger partial charge in [0.2, 0.25) is 0 Å². The Morgan fingerprint density at radius 3 is 2.59 bits per heavy atom. The van der Waals surface area contributed by atoms with Gasteiger partial charge in [0.1, 0.15) is 0 Å². The topological polar surface area (TPSA) is 53.3 Å². The highest BCUT2D eigenvalue weighted by atomic mass is 16.5. The number of benzene rings is 1. The molecule has 0 aliphatic rings. The summed E-state index contributed by atoms with van der Waals surface area (Å²) in [5.74, 6) is -0.0609. The van der Waals surface area contributed by atoms with Crippen LogP contribution >= 0.6 is 0 Å². The van der Waals surface area contributed by atoms with Gasteiger partial charge in [0.05, 0.1) is 18.2 Å². The molecule has 4 heteroatoms. The Kier molecular flexibility index (Phi) is 5.18. The number of hydrogen-bond donors (Lipinski definition) is 0. The van der Waals surface area contributed by atoms with Gasteiger partial charge in [0.25, 0.3) is 5.91 Å². The first kappa shape index (κ1) is 13.2. The van der Waals surface area contributed by atoms with Crippen molar-refractivity contribution in [1.82, 2.24) is 4.90 Å². The molecular weight excluding hydrogens is 216 g/mol. The molecule has 0 atom stereocenters. The smallest absolute Gasteiger partial charge is 0.253 e. The number of hydrogen-bond acceptors (Lipinski definition) is 3. The van der Waals surface area contributed by atoms with Gasteiger partial charge in [-0.2, -0.15) is 5.26 Å². The van der Waals surface area contributed by atoms with Crippen molar-refractivity contribution >= 4 is 5.91 Å². The number of carbonyl (C=O) groups is 1. The first-order valence-corrected chi connectivity index (χ1v) is 5.52. The zero-order valence-electron chi connectivity index (χ0n) is 10.1. The van der Waals surface area contributed by atoms with E-state index in [1.54, 1.807) is 36.2 Å². The molecule has 1 aromatic carbocycles. The van der Waals surface area contributed by atoms with Crippen LogP contribution in [0.3, 0.4) is 0 Å². The molecule has 0 aliphatic carbocycles. The van der Waals surface area contributed by atoms with E-state index in [-0.39, 0.29) is 5.91 Å². The maximum Gasteiger partial charge on any atom is 0.253 e. The number of carbonyl (C=O) groups excluding carboxylic acids is 1. The Bertz CT molecular complexity index is 406. The van der Waals surface area contributed by atoms with Crippen molar-refractivity contribution in [3.05, 3.63) is 35.4 Å². The summed E-state index contributed by atoms with van der Waals surface area (Å²) < 4.78 is 5.19. The molecule has 0 aliphatic heterocycles. The van der Waals surface area contributed by atoms with Crippen molar-refractivity contribution in [2.75, 3.05) is 26.8 Å². The van der Waals surface area contributed by atoms with Gasteiger partial charge in [0.15, 0.2) is 0 Å². The SMILES string of the molecule is CCOCCN(C)C(=O)c1ccc(C#N)cc1. The molecule has 0 saturated heterocycles. The maximum absolute atomic E-state index is 11.9. The van der Waals surface area contributed by atoms with E-state index in [9.17, 15) is 4.79 Å². The lowest BCUT2D eigenvalue weighted by Gasteiger charge is -2.16. The Morgan fingerprint density at radius 1 is 1.41 bits per heavy atom. The van der Waals surface area contributed by atoms with Crippen molar-refractivity contribution in [3.63, 3.8) is 0 Å². The first-order valence-electron chi connectivity index (χ1n) is 5.52. The maximum atomic E-state index is 11.9. The lowest BCUT2D eigenvalue weighted by molar-refractivity contribution is 0.0710. The summed E-state index contributed by atoms with van der Waals surface area (Å²) >= 11 is 0. The van der Waals surface area contributed by atoms with Crippen molar-refractivity contribution in [2.45, 2.75) is 6.92 Å². The van der Waals surface area contributed by atoms with E-state index in [4.69, 9.17) is 10.00 Å². The standard InChI is InChI=1S/C13H16N2O2/c1-3-17-9-8-15(2)13(16)12-6-4-11(10-14)5-7-12/h4-7H,3,8-9H2,1-2H3. The second-order valence-electron chi connectivity index (χ2n) is 3.61. The van der Waals surface area contributed by atoms with Gasteiger partial charge in [-0.3, -0.25) is 4.79 Å². The number of nitrogens with zero attached hydrogens (tertiary/aromatic N) is 2. The normalized spacial score (nSPS) is 9.71. The molecule has 0 unspecified atom stereocenters. The Morgan fingerprint density at radius 2 is 2.06 bits per heavy atom. The van der Waals surface area contributed by atoms with Gasteiger partial charge < -0.3 is 9.64 Å². The molecule has 17 heavy (non-hydrogen) atoms. The zero-order chi connectivity index (χ0) is 12.7. The van der Waals surface area contributed by atoms with Crippen LogP contribution in [-0.4, -0.2) is 37.6 Å². The van der Waals surface area contributed by atoms with Crippen molar-refractivity contribution < 1.29 is 9.53 Å². The van der Waals surface area contributed by atoms with Crippen LogP contribution in [-0.2, 0) is 4.74 Å². The Labute approximate surface area is 101 Å². The van der Waals surface area contributed by atoms with Gasteiger partial charge in [0, 0.05) is 25.8 Å². The summed E-state index contributed by atoms with van der Waals surface area (Å²) in [5, 5.41) is 8.66. The molecule has 0 radical (unpaired) electrons. The third kappa shape index (κ3) is 3.89. The highest BCUT2D eigenvalue weighted by molar-refractivity contribution is 5.94. The molecule has 4 nitrogen and oxygen atoms in total. The molecule has 0 saturated carbocycles. The molecule has 0 heterocycles. The monoisotopic (exact) mass is 232 g/mol. The molecule has 0 N–H and O–H groups in total. The summed E-state index contributed by atoms with van der Waals surface area (Å²) in [6.45, 7) is 3.67. The average molecular weight is 232 g/mol. The molecule has 1 amide bonds. The molecule has 0 fully saturated rings. The van der Waals surface area contributed by atoms with E-state index < -0.39 is 0 Å². The van der Waals surface area contributed by atoms with E-state index in [1.807, 2.05) is 13.0 Å². The lowest BCUT2D eigenvalue weighted by atomic mass is 10.1. The summed E-state index contributed by atoms with van der Waals surface area (Å²) in [4.78, 5) is 13.5.